The number of halogens is 1. The van der Waals surface area contributed by atoms with Gasteiger partial charge in [-0.15, -0.1) is 0 Å². The minimum Gasteiger partial charge on any atom is -0.493 e. The standard InChI is InChI=1S/C25H31FN2O4/c1-17(12-18-7-9-20(26)10-8-18)15-28(16-21-6-5-11-27-21)25(29)19-13-22(30-2)24(32-4)23(14-19)31-3/h7-10,12-14,21,27H,5-6,11,15-16H2,1-4H3/b17-12+/t21-/m0/s1. The van der Waals surface area contributed by atoms with Crippen molar-refractivity contribution < 1.29 is 23.4 Å². The van der Waals surface area contributed by atoms with Crippen LogP contribution in [0.1, 0.15) is 35.7 Å². The number of hydrogen-bond donors (Lipinski definition) is 1. The quantitative estimate of drug-likeness (QED) is 0.632. The first-order valence-corrected chi connectivity index (χ1v) is 10.7. The highest BCUT2D eigenvalue weighted by Crippen LogP contribution is 2.38. The van der Waals surface area contributed by atoms with Crippen LogP contribution in [0, 0.1) is 5.82 Å². The zero-order valence-corrected chi connectivity index (χ0v) is 19.1. The van der Waals surface area contributed by atoms with Crippen molar-refractivity contribution in [3.05, 3.63) is 58.9 Å². The van der Waals surface area contributed by atoms with Crippen LogP contribution in [0.15, 0.2) is 42.0 Å². The summed E-state index contributed by atoms with van der Waals surface area (Å²) in [5.41, 5.74) is 2.35. The van der Waals surface area contributed by atoms with Gasteiger partial charge in [0.2, 0.25) is 5.75 Å². The predicted octanol–water partition coefficient (Wildman–Crippen LogP) is 4.15. The van der Waals surface area contributed by atoms with Crippen LogP contribution in [-0.4, -0.2) is 57.8 Å². The van der Waals surface area contributed by atoms with Gasteiger partial charge in [0.25, 0.3) is 5.91 Å². The van der Waals surface area contributed by atoms with Gasteiger partial charge in [-0.05, 0) is 56.1 Å². The van der Waals surface area contributed by atoms with E-state index in [0.717, 1.165) is 30.5 Å². The number of ether oxygens (including phenoxy) is 3. The van der Waals surface area contributed by atoms with E-state index in [4.69, 9.17) is 14.2 Å². The van der Waals surface area contributed by atoms with Crippen molar-refractivity contribution >= 4 is 12.0 Å². The molecule has 7 heteroatoms. The van der Waals surface area contributed by atoms with E-state index >= 15 is 0 Å². The number of carbonyl (C=O) groups is 1. The number of rotatable bonds is 9. The Bertz CT molecular complexity index is 928. The number of amides is 1. The summed E-state index contributed by atoms with van der Waals surface area (Å²) in [6, 6.07) is 9.92. The molecule has 172 valence electrons. The Hall–Kier alpha value is -3.06. The summed E-state index contributed by atoms with van der Waals surface area (Å²) in [5.74, 6) is 0.930. The van der Waals surface area contributed by atoms with Crippen LogP contribution in [0.3, 0.4) is 0 Å². The maximum Gasteiger partial charge on any atom is 0.254 e. The molecule has 1 atom stereocenters. The maximum absolute atomic E-state index is 13.6. The molecule has 1 fully saturated rings. The highest BCUT2D eigenvalue weighted by atomic mass is 19.1. The molecule has 0 saturated carbocycles. The second-order valence-electron chi connectivity index (χ2n) is 7.94. The summed E-state index contributed by atoms with van der Waals surface area (Å²) < 4.78 is 29.4. The average Bonchev–Trinajstić information content (AvgIpc) is 3.31. The summed E-state index contributed by atoms with van der Waals surface area (Å²) in [5, 5.41) is 3.46. The third kappa shape index (κ3) is 5.79. The molecule has 1 aliphatic rings. The molecule has 1 heterocycles. The molecule has 32 heavy (non-hydrogen) atoms. The summed E-state index contributed by atoms with van der Waals surface area (Å²) in [7, 11) is 4.59. The Morgan fingerprint density at radius 3 is 2.31 bits per heavy atom. The zero-order chi connectivity index (χ0) is 23.1. The molecule has 1 amide bonds. The van der Waals surface area contributed by atoms with E-state index in [2.05, 4.69) is 5.32 Å². The van der Waals surface area contributed by atoms with E-state index in [0.29, 0.717) is 35.9 Å². The van der Waals surface area contributed by atoms with Gasteiger partial charge in [0.05, 0.1) is 21.3 Å². The Morgan fingerprint density at radius 2 is 1.78 bits per heavy atom. The van der Waals surface area contributed by atoms with Crippen LogP contribution in [0.25, 0.3) is 6.08 Å². The summed E-state index contributed by atoms with van der Waals surface area (Å²) in [6.45, 7) is 3.97. The molecule has 2 aromatic rings. The van der Waals surface area contributed by atoms with Crippen LogP contribution in [0.5, 0.6) is 17.2 Å². The summed E-state index contributed by atoms with van der Waals surface area (Å²) in [6.07, 6.45) is 4.10. The highest BCUT2D eigenvalue weighted by molar-refractivity contribution is 5.96. The van der Waals surface area contributed by atoms with Crippen LogP contribution in [0.4, 0.5) is 4.39 Å². The lowest BCUT2D eigenvalue weighted by Crippen LogP contribution is -2.42. The van der Waals surface area contributed by atoms with Crippen molar-refractivity contribution in [2.45, 2.75) is 25.8 Å². The molecule has 3 rings (SSSR count). The monoisotopic (exact) mass is 442 g/mol. The lowest BCUT2D eigenvalue weighted by atomic mass is 10.1. The molecule has 1 N–H and O–H groups in total. The minimum absolute atomic E-state index is 0.121. The van der Waals surface area contributed by atoms with E-state index in [1.54, 1.807) is 24.3 Å². The molecule has 1 aliphatic heterocycles. The van der Waals surface area contributed by atoms with Crippen LogP contribution >= 0.6 is 0 Å². The number of nitrogens with zero attached hydrogens (tertiary/aromatic N) is 1. The van der Waals surface area contributed by atoms with Crippen LogP contribution < -0.4 is 19.5 Å². The summed E-state index contributed by atoms with van der Waals surface area (Å²) >= 11 is 0. The lowest BCUT2D eigenvalue weighted by molar-refractivity contribution is 0.0756. The van der Waals surface area contributed by atoms with Crippen molar-refractivity contribution in [3.63, 3.8) is 0 Å². The van der Waals surface area contributed by atoms with Gasteiger partial charge in [0.15, 0.2) is 11.5 Å². The highest BCUT2D eigenvalue weighted by Gasteiger charge is 2.25. The first kappa shape index (κ1) is 23.6. The summed E-state index contributed by atoms with van der Waals surface area (Å²) in [4.78, 5) is 15.4. The molecule has 0 unspecified atom stereocenters. The van der Waals surface area contributed by atoms with Crippen LogP contribution in [0.2, 0.25) is 0 Å². The molecule has 0 radical (unpaired) electrons. The first-order chi connectivity index (χ1) is 15.4. The van der Waals surface area contributed by atoms with E-state index in [-0.39, 0.29) is 17.8 Å². The maximum atomic E-state index is 13.6. The molecule has 0 spiro atoms. The van der Waals surface area contributed by atoms with Crippen molar-refractivity contribution in [2.24, 2.45) is 0 Å². The van der Waals surface area contributed by atoms with Crippen molar-refractivity contribution in [2.75, 3.05) is 41.0 Å². The Labute approximate surface area is 189 Å². The van der Waals surface area contributed by atoms with E-state index in [1.165, 1.54) is 33.5 Å². The fraction of sp³-hybridized carbons (Fsp3) is 0.400. The van der Waals surface area contributed by atoms with Gasteiger partial charge in [0, 0.05) is 24.7 Å². The topological polar surface area (TPSA) is 60.0 Å². The molecular weight excluding hydrogens is 411 g/mol. The fourth-order valence-corrected chi connectivity index (χ4v) is 3.98. The number of carbonyl (C=O) groups excluding carboxylic acids is 1. The number of hydrogen-bond acceptors (Lipinski definition) is 5. The normalized spacial score (nSPS) is 16.0. The first-order valence-electron chi connectivity index (χ1n) is 10.7. The zero-order valence-electron chi connectivity index (χ0n) is 19.1. The Kier molecular flexibility index (Phi) is 8.11. The number of nitrogens with one attached hydrogen (secondary N) is 1. The van der Waals surface area contributed by atoms with Gasteiger partial charge in [-0.1, -0.05) is 23.8 Å². The second-order valence-corrected chi connectivity index (χ2v) is 7.94. The van der Waals surface area contributed by atoms with E-state index in [1.807, 2.05) is 17.9 Å². The number of benzene rings is 2. The van der Waals surface area contributed by atoms with Crippen LogP contribution in [-0.2, 0) is 0 Å². The lowest BCUT2D eigenvalue weighted by Gasteiger charge is -2.27. The molecule has 0 aromatic heterocycles. The van der Waals surface area contributed by atoms with E-state index in [9.17, 15) is 9.18 Å². The smallest absolute Gasteiger partial charge is 0.254 e. The average molecular weight is 443 g/mol. The SMILES string of the molecule is COc1cc(C(=O)N(C/C(C)=C/c2ccc(F)cc2)C[C@@H]2CCCN2)cc(OC)c1OC. The van der Waals surface area contributed by atoms with E-state index < -0.39 is 0 Å². The fourth-order valence-electron chi connectivity index (χ4n) is 3.98. The molecule has 2 aromatic carbocycles. The van der Waals surface area contributed by atoms with Gasteiger partial charge in [-0.2, -0.15) is 0 Å². The Morgan fingerprint density at radius 1 is 1.12 bits per heavy atom. The molecule has 0 bridgehead atoms. The predicted molar refractivity (Wildman–Crippen MR) is 123 cm³/mol. The van der Waals surface area contributed by atoms with Gasteiger partial charge in [-0.25, -0.2) is 4.39 Å². The molecule has 0 aliphatic carbocycles. The molecular formula is C25H31FN2O4. The van der Waals surface area contributed by atoms with Gasteiger partial charge < -0.3 is 24.4 Å². The minimum atomic E-state index is -0.272. The Balaban J connectivity index is 1.89. The van der Waals surface area contributed by atoms with Crippen molar-refractivity contribution in [1.82, 2.24) is 10.2 Å². The number of methoxy groups -OCH3 is 3. The van der Waals surface area contributed by atoms with Crippen molar-refractivity contribution in [3.8, 4) is 17.2 Å². The van der Waals surface area contributed by atoms with Gasteiger partial charge in [-0.3, -0.25) is 4.79 Å². The van der Waals surface area contributed by atoms with Gasteiger partial charge in [0.1, 0.15) is 5.82 Å². The largest absolute Gasteiger partial charge is 0.493 e. The third-order valence-electron chi connectivity index (χ3n) is 5.53. The molecule has 6 nitrogen and oxygen atoms in total. The molecule has 1 saturated heterocycles. The van der Waals surface area contributed by atoms with Gasteiger partial charge >= 0.3 is 0 Å². The van der Waals surface area contributed by atoms with Crippen molar-refractivity contribution in [1.29, 1.82) is 0 Å². The third-order valence-corrected chi connectivity index (χ3v) is 5.53. The second kappa shape index (κ2) is 11.0.